The molecule has 18 heavy (non-hydrogen) atoms. The van der Waals surface area contributed by atoms with Crippen molar-refractivity contribution in [2.24, 2.45) is 0 Å². The van der Waals surface area contributed by atoms with E-state index in [1.807, 2.05) is 31.2 Å². The molecule has 0 radical (unpaired) electrons. The lowest BCUT2D eigenvalue weighted by molar-refractivity contribution is 0.897. The van der Waals surface area contributed by atoms with Crippen LogP contribution in [0.1, 0.15) is 23.4 Å². The number of nitrogens with zero attached hydrogens (tertiary/aromatic N) is 1. The number of aromatic amines is 1. The molecule has 0 amide bonds. The van der Waals surface area contributed by atoms with Gasteiger partial charge in [-0.25, -0.2) is 4.98 Å². The van der Waals surface area contributed by atoms with Crippen molar-refractivity contribution in [3.05, 3.63) is 51.9 Å². The highest BCUT2D eigenvalue weighted by molar-refractivity contribution is 7.99. The van der Waals surface area contributed by atoms with Crippen LogP contribution in [0, 0.1) is 6.92 Å². The van der Waals surface area contributed by atoms with Gasteiger partial charge in [-0.2, -0.15) is 0 Å². The summed E-state index contributed by atoms with van der Waals surface area (Å²) in [6.07, 6.45) is 0. The Labute approximate surface area is 110 Å². The lowest BCUT2D eigenvalue weighted by atomic mass is 10.1. The maximum absolute atomic E-state index is 11.4. The lowest BCUT2D eigenvalue weighted by Gasteiger charge is -2.11. The predicted octanol–water partition coefficient (Wildman–Crippen LogP) is 2.51. The van der Waals surface area contributed by atoms with Gasteiger partial charge in [-0.05, 0) is 31.5 Å². The van der Waals surface area contributed by atoms with E-state index in [1.165, 1.54) is 17.8 Å². The molecule has 1 aromatic heterocycles. The first-order chi connectivity index (χ1) is 8.54. The number of nitrogen functional groups attached to an aromatic ring is 1. The highest BCUT2D eigenvalue weighted by Crippen LogP contribution is 2.32. The van der Waals surface area contributed by atoms with Gasteiger partial charge in [-0.3, -0.25) is 4.79 Å². The SMILES string of the molecule is Cc1cc(=O)[nH]c(SC(C)c2cccc(N)c2)n1. The fourth-order valence-electron chi connectivity index (χ4n) is 1.65. The van der Waals surface area contributed by atoms with Gasteiger partial charge in [-0.1, -0.05) is 23.9 Å². The largest absolute Gasteiger partial charge is 0.399 e. The third-order valence-corrected chi connectivity index (χ3v) is 3.56. The fourth-order valence-corrected chi connectivity index (χ4v) is 2.63. The molecule has 94 valence electrons. The van der Waals surface area contributed by atoms with Crippen molar-refractivity contribution in [3.63, 3.8) is 0 Å². The summed E-state index contributed by atoms with van der Waals surface area (Å²) in [7, 11) is 0. The zero-order valence-corrected chi connectivity index (χ0v) is 11.1. The van der Waals surface area contributed by atoms with Crippen LogP contribution in [-0.4, -0.2) is 9.97 Å². The van der Waals surface area contributed by atoms with Gasteiger partial charge in [0.05, 0.1) is 0 Å². The van der Waals surface area contributed by atoms with Crippen molar-refractivity contribution < 1.29 is 0 Å². The van der Waals surface area contributed by atoms with E-state index in [9.17, 15) is 4.79 Å². The van der Waals surface area contributed by atoms with Gasteiger partial charge >= 0.3 is 0 Å². The van der Waals surface area contributed by atoms with Crippen molar-refractivity contribution in [1.29, 1.82) is 0 Å². The average molecular weight is 261 g/mol. The summed E-state index contributed by atoms with van der Waals surface area (Å²) in [5.74, 6) is 0. The summed E-state index contributed by atoms with van der Waals surface area (Å²) in [4.78, 5) is 18.4. The van der Waals surface area contributed by atoms with Gasteiger partial charge < -0.3 is 10.7 Å². The smallest absolute Gasteiger partial charge is 0.251 e. The number of benzene rings is 1. The van der Waals surface area contributed by atoms with Crippen molar-refractivity contribution in [3.8, 4) is 0 Å². The predicted molar refractivity (Wildman–Crippen MR) is 74.7 cm³/mol. The molecule has 2 aromatic rings. The van der Waals surface area contributed by atoms with E-state index in [2.05, 4.69) is 16.9 Å². The molecule has 0 aliphatic rings. The monoisotopic (exact) mass is 261 g/mol. The molecule has 0 bridgehead atoms. The number of hydrogen-bond acceptors (Lipinski definition) is 4. The van der Waals surface area contributed by atoms with E-state index in [0.717, 1.165) is 16.9 Å². The normalized spacial score (nSPS) is 12.3. The van der Waals surface area contributed by atoms with Crippen molar-refractivity contribution in [2.45, 2.75) is 24.3 Å². The number of rotatable bonds is 3. The second-order valence-corrected chi connectivity index (χ2v) is 5.45. The van der Waals surface area contributed by atoms with Crippen LogP contribution in [0.2, 0.25) is 0 Å². The van der Waals surface area contributed by atoms with Crippen LogP contribution in [0.5, 0.6) is 0 Å². The van der Waals surface area contributed by atoms with Gasteiger partial charge in [-0.15, -0.1) is 0 Å². The number of anilines is 1. The van der Waals surface area contributed by atoms with Crippen LogP contribution in [0.4, 0.5) is 5.69 Å². The summed E-state index contributed by atoms with van der Waals surface area (Å²) in [5.41, 5.74) is 8.21. The first-order valence-corrected chi connectivity index (χ1v) is 6.52. The second kappa shape index (κ2) is 5.27. The Morgan fingerprint density at radius 1 is 1.39 bits per heavy atom. The summed E-state index contributed by atoms with van der Waals surface area (Å²) in [6, 6.07) is 9.21. The summed E-state index contributed by atoms with van der Waals surface area (Å²) in [5, 5.41) is 0.813. The molecule has 0 saturated heterocycles. The van der Waals surface area contributed by atoms with Gasteiger partial charge in [0, 0.05) is 22.7 Å². The van der Waals surface area contributed by atoms with Crippen LogP contribution in [0.3, 0.4) is 0 Å². The molecule has 1 unspecified atom stereocenters. The molecule has 1 aromatic carbocycles. The van der Waals surface area contributed by atoms with Crippen molar-refractivity contribution in [1.82, 2.24) is 9.97 Å². The Morgan fingerprint density at radius 3 is 2.83 bits per heavy atom. The lowest BCUT2D eigenvalue weighted by Crippen LogP contribution is -2.08. The molecule has 0 aliphatic heterocycles. The van der Waals surface area contributed by atoms with Crippen LogP contribution in [0.25, 0.3) is 0 Å². The number of thioether (sulfide) groups is 1. The van der Waals surface area contributed by atoms with Gasteiger partial charge in [0.25, 0.3) is 5.56 Å². The Balaban J connectivity index is 2.21. The molecular formula is C13H15N3OS. The van der Waals surface area contributed by atoms with Crippen LogP contribution < -0.4 is 11.3 Å². The maximum Gasteiger partial charge on any atom is 0.251 e. The van der Waals surface area contributed by atoms with Gasteiger partial charge in [0.2, 0.25) is 0 Å². The van der Waals surface area contributed by atoms with Gasteiger partial charge in [0.1, 0.15) is 0 Å². The minimum absolute atomic E-state index is 0.121. The molecule has 1 heterocycles. The second-order valence-electron chi connectivity index (χ2n) is 4.12. The van der Waals surface area contributed by atoms with Crippen molar-refractivity contribution >= 4 is 17.4 Å². The molecule has 0 fully saturated rings. The molecule has 0 aliphatic carbocycles. The number of aromatic nitrogens is 2. The maximum atomic E-state index is 11.4. The van der Waals surface area contributed by atoms with Crippen LogP contribution >= 0.6 is 11.8 Å². The fraction of sp³-hybridized carbons (Fsp3) is 0.231. The molecular weight excluding hydrogens is 246 g/mol. The molecule has 4 nitrogen and oxygen atoms in total. The van der Waals surface area contributed by atoms with E-state index in [-0.39, 0.29) is 10.8 Å². The number of nitrogens with one attached hydrogen (secondary N) is 1. The molecule has 5 heteroatoms. The van der Waals surface area contributed by atoms with E-state index < -0.39 is 0 Å². The standard InChI is InChI=1S/C13H15N3OS/c1-8-6-12(17)16-13(15-8)18-9(2)10-4-3-5-11(14)7-10/h3-7,9H,14H2,1-2H3,(H,15,16,17). The molecule has 3 N–H and O–H groups in total. The third kappa shape index (κ3) is 3.13. The number of H-pyrrole nitrogens is 1. The minimum atomic E-state index is -0.121. The highest BCUT2D eigenvalue weighted by Gasteiger charge is 2.09. The number of aryl methyl sites for hydroxylation is 1. The van der Waals surface area contributed by atoms with Gasteiger partial charge in [0.15, 0.2) is 5.16 Å². The average Bonchev–Trinajstić information content (AvgIpc) is 2.27. The number of nitrogens with two attached hydrogens (primary N) is 1. The Bertz CT molecular complexity index is 609. The topological polar surface area (TPSA) is 71.8 Å². The Hall–Kier alpha value is -1.75. The minimum Gasteiger partial charge on any atom is -0.399 e. The van der Waals surface area contributed by atoms with E-state index in [0.29, 0.717) is 5.16 Å². The summed E-state index contributed by atoms with van der Waals surface area (Å²) in [6.45, 7) is 3.87. The quantitative estimate of drug-likeness (QED) is 0.506. The first-order valence-electron chi connectivity index (χ1n) is 5.64. The van der Waals surface area contributed by atoms with Crippen LogP contribution in [0.15, 0.2) is 40.3 Å². The summed E-state index contributed by atoms with van der Waals surface area (Å²) >= 11 is 1.51. The van der Waals surface area contributed by atoms with Crippen molar-refractivity contribution in [2.75, 3.05) is 5.73 Å². The summed E-state index contributed by atoms with van der Waals surface area (Å²) < 4.78 is 0. The Kier molecular flexibility index (Phi) is 3.72. The third-order valence-electron chi connectivity index (χ3n) is 2.52. The van der Waals surface area contributed by atoms with E-state index >= 15 is 0 Å². The molecule has 2 rings (SSSR count). The van der Waals surface area contributed by atoms with E-state index in [1.54, 1.807) is 0 Å². The highest BCUT2D eigenvalue weighted by atomic mass is 32.2. The van der Waals surface area contributed by atoms with E-state index in [4.69, 9.17) is 5.73 Å². The molecule has 0 spiro atoms. The Morgan fingerprint density at radius 2 is 2.17 bits per heavy atom. The van der Waals surface area contributed by atoms with Crippen LogP contribution in [-0.2, 0) is 0 Å². The molecule has 0 saturated carbocycles. The first kappa shape index (κ1) is 12.7. The molecule has 1 atom stereocenters. The zero-order valence-electron chi connectivity index (χ0n) is 10.3. The number of hydrogen-bond donors (Lipinski definition) is 2. The zero-order chi connectivity index (χ0) is 13.1.